The first-order valence-corrected chi connectivity index (χ1v) is 6.78. The van der Waals surface area contributed by atoms with Crippen LogP contribution in [0.2, 0.25) is 0 Å². The molecule has 0 aliphatic heterocycles. The van der Waals surface area contributed by atoms with Crippen LogP contribution in [0.3, 0.4) is 0 Å². The van der Waals surface area contributed by atoms with Crippen LogP contribution in [0.15, 0.2) is 18.2 Å². The molecule has 0 amide bonds. The molecule has 0 saturated carbocycles. The minimum atomic E-state index is -0.183. The summed E-state index contributed by atoms with van der Waals surface area (Å²) in [6.07, 6.45) is 9.83. The van der Waals surface area contributed by atoms with Gasteiger partial charge in [-0.15, -0.1) is 0 Å². The summed E-state index contributed by atoms with van der Waals surface area (Å²) < 4.78 is 13.0. The van der Waals surface area contributed by atoms with E-state index in [4.69, 9.17) is 5.73 Å². The SMILES string of the molecule is CCCCCCCCCc1cc(F)ccc1N. The zero-order chi connectivity index (χ0) is 12.5. The number of hydrogen-bond acceptors (Lipinski definition) is 1. The van der Waals surface area contributed by atoms with Crippen molar-refractivity contribution in [2.24, 2.45) is 0 Å². The highest BCUT2D eigenvalue weighted by Gasteiger charge is 2.01. The van der Waals surface area contributed by atoms with Gasteiger partial charge in [-0.05, 0) is 36.6 Å². The number of unbranched alkanes of at least 4 members (excludes halogenated alkanes) is 6. The van der Waals surface area contributed by atoms with Crippen LogP contribution in [0.25, 0.3) is 0 Å². The molecule has 0 bridgehead atoms. The number of nitrogen functional groups attached to an aromatic ring is 1. The Morgan fingerprint density at radius 1 is 1.00 bits per heavy atom. The van der Waals surface area contributed by atoms with Gasteiger partial charge in [0.05, 0.1) is 0 Å². The third-order valence-corrected chi connectivity index (χ3v) is 3.15. The highest BCUT2D eigenvalue weighted by atomic mass is 19.1. The Bertz CT molecular complexity index is 323. The van der Waals surface area contributed by atoms with Crippen molar-refractivity contribution in [3.63, 3.8) is 0 Å². The number of nitrogens with two attached hydrogens (primary N) is 1. The van der Waals surface area contributed by atoms with Crippen molar-refractivity contribution in [3.05, 3.63) is 29.6 Å². The second-order valence-electron chi connectivity index (χ2n) is 4.71. The summed E-state index contributed by atoms with van der Waals surface area (Å²) in [5, 5.41) is 0. The molecule has 0 aromatic heterocycles. The molecule has 1 aromatic rings. The Balaban J connectivity index is 2.15. The third-order valence-electron chi connectivity index (χ3n) is 3.15. The molecule has 0 heterocycles. The molecule has 0 aliphatic rings. The zero-order valence-corrected chi connectivity index (χ0v) is 10.8. The zero-order valence-electron chi connectivity index (χ0n) is 10.8. The lowest BCUT2D eigenvalue weighted by Crippen LogP contribution is -1.95. The Morgan fingerprint density at radius 2 is 1.65 bits per heavy atom. The molecule has 0 radical (unpaired) electrons. The van der Waals surface area contributed by atoms with E-state index in [0.29, 0.717) is 0 Å². The van der Waals surface area contributed by atoms with Crippen LogP contribution >= 0.6 is 0 Å². The fraction of sp³-hybridized carbons (Fsp3) is 0.600. The Labute approximate surface area is 104 Å². The second kappa shape index (κ2) is 8.10. The number of anilines is 1. The molecule has 2 heteroatoms. The lowest BCUT2D eigenvalue weighted by atomic mass is 10.0. The van der Waals surface area contributed by atoms with Crippen molar-refractivity contribution < 1.29 is 4.39 Å². The van der Waals surface area contributed by atoms with E-state index in [1.54, 1.807) is 12.1 Å². The van der Waals surface area contributed by atoms with Crippen LogP contribution in [-0.2, 0) is 6.42 Å². The van der Waals surface area contributed by atoms with Gasteiger partial charge in [0.15, 0.2) is 0 Å². The van der Waals surface area contributed by atoms with Crippen molar-refractivity contribution in [2.45, 2.75) is 58.3 Å². The maximum absolute atomic E-state index is 13.0. The fourth-order valence-electron chi connectivity index (χ4n) is 2.06. The fourth-order valence-corrected chi connectivity index (χ4v) is 2.06. The van der Waals surface area contributed by atoms with Crippen LogP contribution in [0.1, 0.15) is 57.4 Å². The van der Waals surface area contributed by atoms with Crippen molar-refractivity contribution in [2.75, 3.05) is 5.73 Å². The molecule has 1 nitrogen and oxygen atoms in total. The highest BCUT2D eigenvalue weighted by Crippen LogP contribution is 2.17. The number of benzene rings is 1. The summed E-state index contributed by atoms with van der Waals surface area (Å²) in [7, 11) is 0. The number of rotatable bonds is 8. The number of hydrogen-bond donors (Lipinski definition) is 1. The van der Waals surface area contributed by atoms with E-state index in [2.05, 4.69) is 6.92 Å². The first-order valence-electron chi connectivity index (χ1n) is 6.78. The van der Waals surface area contributed by atoms with E-state index in [1.165, 1.54) is 44.6 Å². The lowest BCUT2D eigenvalue weighted by Gasteiger charge is -2.05. The molecule has 0 fully saturated rings. The van der Waals surface area contributed by atoms with Crippen LogP contribution in [0, 0.1) is 5.82 Å². The highest BCUT2D eigenvalue weighted by molar-refractivity contribution is 5.46. The maximum atomic E-state index is 13.0. The standard InChI is InChI=1S/C15H24FN/c1-2-3-4-5-6-7-8-9-13-12-14(16)10-11-15(13)17/h10-12H,2-9,17H2,1H3. The summed E-state index contributed by atoms with van der Waals surface area (Å²) in [6.45, 7) is 2.23. The quantitative estimate of drug-likeness (QED) is 0.514. The average Bonchev–Trinajstić information content (AvgIpc) is 2.32. The van der Waals surface area contributed by atoms with Crippen LogP contribution in [0.4, 0.5) is 10.1 Å². The Morgan fingerprint density at radius 3 is 2.35 bits per heavy atom. The van der Waals surface area contributed by atoms with Crippen molar-refractivity contribution in [1.82, 2.24) is 0 Å². The Kier molecular flexibility index (Phi) is 6.68. The summed E-state index contributed by atoms with van der Waals surface area (Å²) in [5.74, 6) is -0.183. The number of aryl methyl sites for hydroxylation is 1. The number of halogens is 1. The average molecular weight is 237 g/mol. The van der Waals surface area contributed by atoms with Gasteiger partial charge >= 0.3 is 0 Å². The molecular weight excluding hydrogens is 213 g/mol. The molecule has 0 saturated heterocycles. The van der Waals surface area contributed by atoms with E-state index in [9.17, 15) is 4.39 Å². The normalized spacial score (nSPS) is 10.7. The van der Waals surface area contributed by atoms with Gasteiger partial charge in [-0.25, -0.2) is 4.39 Å². The van der Waals surface area contributed by atoms with Gasteiger partial charge in [-0.3, -0.25) is 0 Å². The second-order valence-corrected chi connectivity index (χ2v) is 4.71. The topological polar surface area (TPSA) is 26.0 Å². The molecule has 1 aromatic carbocycles. The van der Waals surface area contributed by atoms with Gasteiger partial charge in [0.2, 0.25) is 0 Å². The van der Waals surface area contributed by atoms with Gasteiger partial charge in [0.1, 0.15) is 5.82 Å². The van der Waals surface area contributed by atoms with Crippen molar-refractivity contribution in [3.8, 4) is 0 Å². The van der Waals surface area contributed by atoms with E-state index < -0.39 is 0 Å². The smallest absolute Gasteiger partial charge is 0.123 e. The molecule has 2 N–H and O–H groups in total. The molecule has 0 unspecified atom stereocenters. The molecule has 1 rings (SSSR count). The van der Waals surface area contributed by atoms with Gasteiger partial charge in [0.25, 0.3) is 0 Å². The minimum Gasteiger partial charge on any atom is -0.399 e. The van der Waals surface area contributed by atoms with Gasteiger partial charge in [-0.2, -0.15) is 0 Å². The summed E-state index contributed by atoms with van der Waals surface area (Å²) in [4.78, 5) is 0. The Hall–Kier alpha value is -1.05. The molecule has 17 heavy (non-hydrogen) atoms. The van der Waals surface area contributed by atoms with E-state index in [1.807, 2.05) is 0 Å². The molecule has 0 aliphatic carbocycles. The van der Waals surface area contributed by atoms with E-state index >= 15 is 0 Å². The van der Waals surface area contributed by atoms with E-state index in [0.717, 1.165) is 24.1 Å². The summed E-state index contributed by atoms with van der Waals surface area (Å²) in [6, 6.07) is 4.64. The van der Waals surface area contributed by atoms with Crippen LogP contribution in [0.5, 0.6) is 0 Å². The molecule has 0 spiro atoms. The largest absolute Gasteiger partial charge is 0.399 e. The minimum absolute atomic E-state index is 0.183. The summed E-state index contributed by atoms with van der Waals surface area (Å²) >= 11 is 0. The maximum Gasteiger partial charge on any atom is 0.123 e. The lowest BCUT2D eigenvalue weighted by molar-refractivity contribution is 0.587. The van der Waals surface area contributed by atoms with Gasteiger partial charge in [-0.1, -0.05) is 45.4 Å². The van der Waals surface area contributed by atoms with Crippen molar-refractivity contribution >= 4 is 5.69 Å². The van der Waals surface area contributed by atoms with Crippen LogP contribution in [-0.4, -0.2) is 0 Å². The van der Waals surface area contributed by atoms with Gasteiger partial charge < -0.3 is 5.73 Å². The third kappa shape index (κ3) is 5.71. The summed E-state index contributed by atoms with van der Waals surface area (Å²) in [5.41, 5.74) is 7.48. The molecule has 0 atom stereocenters. The van der Waals surface area contributed by atoms with Crippen molar-refractivity contribution in [1.29, 1.82) is 0 Å². The van der Waals surface area contributed by atoms with Gasteiger partial charge in [0, 0.05) is 5.69 Å². The van der Waals surface area contributed by atoms with Crippen LogP contribution < -0.4 is 5.73 Å². The van der Waals surface area contributed by atoms with E-state index in [-0.39, 0.29) is 5.82 Å². The first kappa shape index (κ1) is 14.0. The predicted molar refractivity (Wildman–Crippen MR) is 72.5 cm³/mol. The first-order chi connectivity index (χ1) is 8.24. The molecule has 96 valence electrons. The predicted octanol–water partition coefficient (Wildman–Crippen LogP) is 4.70. The molecular formula is C15H24FN. The monoisotopic (exact) mass is 237 g/mol.